The van der Waals surface area contributed by atoms with E-state index in [0.29, 0.717) is 4.96 Å². The number of aryl methyl sites for hydroxylation is 1. The van der Waals surface area contributed by atoms with E-state index in [4.69, 9.17) is 0 Å². The molecule has 0 radical (unpaired) electrons. The first kappa shape index (κ1) is 9.67. The van der Waals surface area contributed by atoms with Gasteiger partial charge in [0.05, 0.1) is 0 Å². The summed E-state index contributed by atoms with van der Waals surface area (Å²) in [7, 11) is 0. The molecule has 2 heterocycles. The highest BCUT2D eigenvalue weighted by Gasteiger charge is 2.06. The first-order valence-electron chi connectivity index (χ1n) is 4.21. The maximum absolute atomic E-state index is 11.5. The van der Waals surface area contributed by atoms with Crippen LogP contribution in [-0.2, 0) is 0 Å². The summed E-state index contributed by atoms with van der Waals surface area (Å²) in [4.78, 5) is 16.4. The van der Waals surface area contributed by atoms with E-state index < -0.39 is 0 Å². The number of aromatic nitrogens is 3. The van der Waals surface area contributed by atoms with Crippen molar-refractivity contribution in [2.45, 2.75) is 18.2 Å². The number of fused-ring (bicyclic) bond motifs is 1. The molecular weight excluding hydrogens is 218 g/mol. The Balaban J connectivity index is 2.65. The van der Waals surface area contributed by atoms with E-state index >= 15 is 0 Å². The molecule has 0 aliphatic rings. The fourth-order valence-corrected chi connectivity index (χ4v) is 2.97. The van der Waals surface area contributed by atoms with Crippen molar-refractivity contribution in [2.75, 3.05) is 5.75 Å². The van der Waals surface area contributed by atoms with Crippen molar-refractivity contribution in [1.29, 1.82) is 0 Å². The van der Waals surface area contributed by atoms with Gasteiger partial charge in [-0.25, -0.2) is 4.98 Å². The van der Waals surface area contributed by atoms with Gasteiger partial charge in [-0.1, -0.05) is 30.0 Å². The van der Waals surface area contributed by atoms with Crippen molar-refractivity contribution in [3.05, 3.63) is 22.1 Å². The van der Waals surface area contributed by atoms with Crippen LogP contribution in [0.1, 0.15) is 12.6 Å². The van der Waals surface area contributed by atoms with Crippen LogP contribution in [0.5, 0.6) is 0 Å². The van der Waals surface area contributed by atoms with Gasteiger partial charge in [-0.2, -0.15) is 4.52 Å². The topological polar surface area (TPSA) is 47.3 Å². The van der Waals surface area contributed by atoms with E-state index in [9.17, 15) is 4.79 Å². The molecule has 14 heavy (non-hydrogen) atoms. The molecule has 2 rings (SSSR count). The van der Waals surface area contributed by atoms with Crippen molar-refractivity contribution in [1.82, 2.24) is 14.6 Å². The number of hydrogen-bond acceptors (Lipinski definition) is 5. The lowest BCUT2D eigenvalue weighted by Crippen LogP contribution is -2.14. The molecular formula is C8H9N3OS2. The molecule has 0 aliphatic heterocycles. The summed E-state index contributed by atoms with van der Waals surface area (Å²) in [6, 6.07) is 1.49. The molecule has 0 N–H and O–H groups in total. The Kier molecular flexibility index (Phi) is 2.56. The van der Waals surface area contributed by atoms with Crippen LogP contribution in [0.4, 0.5) is 0 Å². The number of hydrogen-bond donors (Lipinski definition) is 0. The third-order valence-electron chi connectivity index (χ3n) is 1.62. The standard InChI is InChI=1S/C8H9N3OS2/c1-3-13-8-10-11-6(12)4-5(2)9-7(11)14-8/h4H,3H2,1-2H3. The Morgan fingerprint density at radius 2 is 2.43 bits per heavy atom. The van der Waals surface area contributed by atoms with Gasteiger partial charge in [-0.3, -0.25) is 4.79 Å². The van der Waals surface area contributed by atoms with Crippen LogP contribution in [0.15, 0.2) is 15.2 Å². The molecule has 0 spiro atoms. The molecule has 4 nitrogen and oxygen atoms in total. The van der Waals surface area contributed by atoms with Crippen molar-refractivity contribution in [3.63, 3.8) is 0 Å². The van der Waals surface area contributed by atoms with E-state index in [2.05, 4.69) is 17.0 Å². The van der Waals surface area contributed by atoms with Gasteiger partial charge in [0.25, 0.3) is 5.56 Å². The molecule has 6 heteroatoms. The number of rotatable bonds is 2. The van der Waals surface area contributed by atoms with Crippen LogP contribution in [0.2, 0.25) is 0 Å². The average molecular weight is 227 g/mol. The summed E-state index contributed by atoms with van der Waals surface area (Å²) in [6.07, 6.45) is 0. The smallest absolute Gasteiger partial charge is 0.267 e. The first-order valence-corrected chi connectivity index (χ1v) is 6.01. The molecule has 2 aromatic heterocycles. The van der Waals surface area contributed by atoms with Crippen molar-refractivity contribution < 1.29 is 0 Å². The molecule has 0 fully saturated rings. The monoisotopic (exact) mass is 227 g/mol. The van der Waals surface area contributed by atoms with Crippen molar-refractivity contribution >= 4 is 28.1 Å². The van der Waals surface area contributed by atoms with Crippen LogP contribution in [0.3, 0.4) is 0 Å². The van der Waals surface area contributed by atoms with Gasteiger partial charge in [0, 0.05) is 11.8 Å². The highest BCUT2D eigenvalue weighted by atomic mass is 32.2. The van der Waals surface area contributed by atoms with Crippen LogP contribution in [0, 0.1) is 6.92 Å². The normalized spacial score (nSPS) is 11.0. The molecule has 0 saturated carbocycles. The van der Waals surface area contributed by atoms with Crippen LogP contribution in [0.25, 0.3) is 4.96 Å². The maximum atomic E-state index is 11.5. The molecule has 0 aromatic carbocycles. The molecule has 0 saturated heterocycles. The SMILES string of the molecule is CCSc1nn2c(=O)cc(C)nc2s1. The highest BCUT2D eigenvalue weighted by Crippen LogP contribution is 2.22. The second kappa shape index (κ2) is 3.70. The quantitative estimate of drug-likeness (QED) is 0.731. The van der Waals surface area contributed by atoms with Gasteiger partial charge in [-0.05, 0) is 12.7 Å². The lowest BCUT2D eigenvalue weighted by Gasteiger charge is -1.89. The summed E-state index contributed by atoms with van der Waals surface area (Å²) in [6.45, 7) is 3.87. The largest absolute Gasteiger partial charge is 0.275 e. The molecule has 0 aliphatic carbocycles. The minimum atomic E-state index is -0.105. The summed E-state index contributed by atoms with van der Waals surface area (Å²) >= 11 is 3.08. The van der Waals surface area contributed by atoms with E-state index in [1.54, 1.807) is 11.8 Å². The van der Waals surface area contributed by atoms with Gasteiger partial charge >= 0.3 is 0 Å². The van der Waals surface area contributed by atoms with Gasteiger partial charge in [0.15, 0.2) is 4.34 Å². The Morgan fingerprint density at radius 3 is 3.14 bits per heavy atom. The van der Waals surface area contributed by atoms with Crippen LogP contribution < -0.4 is 5.56 Å². The van der Waals surface area contributed by atoms with Gasteiger partial charge in [0.2, 0.25) is 4.96 Å². The van der Waals surface area contributed by atoms with Crippen molar-refractivity contribution in [2.24, 2.45) is 0 Å². The molecule has 0 unspecified atom stereocenters. The van der Waals surface area contributed by atoms with Gasteiger partial charge < -0.3 is 0 Å². The number of nitrogens with zero attached hydrogens (tertiary/aromatic N) is 3. The molecule has 2 aromatic rings. The summed E-state index contributed by atoms with van der Waals surface area (Å²) in [5, 5.41) is 4.17. The second-order valence-electron chi connectivity index (χ2n) is 2.73. The highest BCUT2D eigenvalue weighted by molar-refractivity contribution is 8.01. The van der Waals surface area contributed by atoms with Gasteiger partial charge in [0.1, 0.15) is 0 Å². The average Bonchev–Trinajstić information content (AvgIpc) is 2.48. The fraction of sp³-hybridized carbons (Fsp3) is 0.375. The Morgan fingerprint density at radius 1 is 1.64 bits per heavy atom. The third-order valence-corrected chi connectivity index (χ3v) is 3.55. The predicted octanol–water partition coefficient (Wildman–Crippen LogP) is 1.57. The van der Waals surface area contributed by atoms with E-state index in [1.165, 1.54) is 21.9 Å². The predicted molar refractivity (Wildman–Crippen MR) is 58.3 cm³/mol. The van der Waals surface area contributed by atoms with Crippen LogP contribution >= 0.6 is 23.1 Å². The second-order valence-corrected chi connectivity index (χ2v) is 5.20. The lowest BCUT2D eigenvalue weighted by atomic mass is 10.5. The zero-order chi connectivity index (χ0) is 10.1. The first-order chi connectivity index (χ1) is 6.70. The molecule has 0 bridgehead atoms. The minimum Gasteiger partial charge on any atom is -0.267 e. The summed E-state index contributed by atoms with van der Waals surface area (Å²) in [5.74, 6) is 0.952. The van der Waals surface area contributed by atoms with E-state index in [-0.39, 0.29) is 5.56 Å². The number of thioether (sulfide) groups is 1. The zero-order valence-corrected chi connectivity index (χ0v) is 9.48. The Hall–Kier alpha value is -0.880. The molecule has 0 atom stereocenters. The minimum absolute atomic E-state index is 0.105. The molecule has 74 valence electrons. The zero-order valence-electron chi connectivity index (χ0n) is 7.85. The van der Waals surface area contributed by atoms with E-state index in [0.717, 1.165) is 15.8 Å². The lowest BCUT2D eigenvalue weighted by molar-refractivity contribution is 0.851. The van der Waals surface area contributed by atoms with Crippen LogP contribution in [-0.4, -0.2) is 20.4 Å². The summed E-state index contributed by atoms with van der Waals surface area (Å²) < 4.78 is 2.25. The third kappa shape index (κ3) is 1.67. The summed E-state index contributed by atoms with van der Waals surface area (Å²) in [5.41, 5.74) is 0.637. The Bertz CT molecular complexity index is 517. The maximum Gasteiger partial charge on any atom is 0.275 e. The Labute approximate surface area is 89.0 Å². The van der Waals surface area contributed by atoms with Crippen molar-refractivity contribution in [3.8, 4) is 0 Å². The van der Waals surface area contributed by atoms with E-state index in [1.807, 2.05) is 6.92 Å². The van der Waals surface area contributed by atoms with Gasteiger partial charge in [-0.15, -0.1) is 5.10 Å². The fourth-order valence-electron chi connectivity index (χ4n) is 1.08. The molecule has 0 amide bonds.